The van der Waals surface area contributed by atoms with Gasteiger partial charge < -0.3 is 9.73 Å². The summed E-state index contributed by atoms with van der Waals surface area (Å²) in [6.45, 7) is 0.219. The topological polar surface area (TPSA) is 79.6 Å². The Hall–Kier alpha value is -2.29. The van der Waals surface area contributed by atoms with Gasteiger partial charge in [0.05, 0.1) is 23.4 Å². The smallest absolute Gasteiger partial charge is 0.264 e. The van der Waals surface area contributed by atoms with E-state index in [1.807, 2.05) is 0 Å². The predicted molar refractivity (Wildman–Crippen MR) is 101 cm³/mol. The quantitative estimate of drug-likeness (QED) is 0.671. The van der Waals surface area contributed by atoms with E-state index in [4.69, 9.17) is 16.0 Å². The molecule has 3 rings (SSSR count). The summed E-state index contributed by atoms with van der Waals surface area (Å²) < 4.78 is 31.9. The van der Waals surface area contributed by atoms with Crippen molar-refractivity contribution in [2.45, 2.75) is 11.4 Å². The van der Waals surface area contributed by atoms with Crippen LogP contribution in [0.2, 0.25) is 5.02 Å². The van der Waals surface area contributed by atoms with Crippen molar-refractivity contribution in [1.82, 2.24) is 5.32 Å². The fourth-order valence-electron chi connectivity index (χ4n) is 2.28. The number of hydrogen-bond donors (Lipinski definition) is 1. The lowest BCUT2D eigenvalue weighted by molar-refractivity contribution is 0.0952. The number of benzene rings is 1. The van der Waals surface area contributed by atoms with Gasteiger partial charge in [0.2, 0.25) is 0 Å². The number of nitrogens with one attached hydrogen (secondary N) is 1. The number of sulfonamides is 1. The fraction of sp³-hybridized carbons (Fsp3) is 0.118. The first-order valence-corrected chi connectivity index (χ1v) is 10.2. The second-order valence-corrected chi connectivity index (χ2v) is 8.65. The monoisotopic (exact) mass is 410 g/mol. The van der Waals surface area contributed by atoms with Gasteiger partial charge in [-0.2, -0.15) is 0 Å². The summed E-state index contributed by atoms with van der Waals surface area (Å²) in [4.78, 5) is 12.9. The van der Waals surface area contributed by atoms with E-state index in [1.54, 1.807) is 23.6 Å². The lowest BCUT2D eigenvalue weighted by atomic mass is 10.3. The zero-order valence-corrected chi connectivity index (χ0v) is 16.1. The second-order valence-electron chi connectivity index (χ2n) is 5.32. The molecule has 0 bridgehead atoms. The standard InChI is InChI=1S/C17H15ClN2O4S2/c1-20(26(22,23)14-6-4-12(18)5-7-14)15-8-10-25-16(15)17(21)19-11-13-3-2-9-24-13/h2-10H,11H2,1H3,(H,19,21). The molecule has 6 nitrogen and oxygen atoms in total. The zero-order chi connectivity index (χ0) is 18.7. The van der Waals surface area contributed by atoms with E-state index in [9.17, 15) is 13.2 Å². The Morgan fingerprint density at radius 2 is 1.96 bits per heavy atom. The highest BCUT2D eigenvalue weighted by Crippen LogP contribution is 2.30. The van der Waals surface area contributed by atoms with Crippen LogP contribution < -0.4 is 9.62 Å². The van der Waals surface area contributed by atoms with Crippen LogP contribution in [0.25, 0.3) is 0 Å². The van der Waals surface area contributed by atoms with Crippen LogP contribution in [0.15, 0.2) is 63.4 Å². The van der Waals surface area contributed by atoms with Crippen LogP contribution in [0.4, 0.5) is 5.69 Å². The van der Waals surface area contributed by atoms with Crippen molar-refractivity contribution in [2.75, 3.05) is 11.4 Å². The van der Waals surface area contributed by atoms with E-state index >= 15 is 0 Å². The van der Waals surface area contributed by atoms with E-state index in [0.29, 0.717) is 21.3 Å². The first-order chi connectivity index (χ1) is 12.4. The van der Waals surface area contributed by atoms with Crippen molar-refractivity contribution in [3.8, 4) is 0 Å². The molecule has 2 aromatic heterocycles. The molecule has 0 saturated carbocycles. The zero-order valence-electron chi connectivity index (χ0n) is 13.7. The third-order valence-corrected chi connectivity index (χ3v) is 6.61. The van der Waals surface area contributed by atoms with E-state index in [2.05, 4.69) is 5.32 Å². The number of thiophene rings is 1. The number of carbonyl (C=O) groups excluding carboxylic acids is 1. The SMILES string of the molecule is CN(c1ccsc1C(=O)NCc1ccco1)S(=O)(=O)c1ccc(Cl)cc1. The molecule has 3 aromatic rings. The minimum absolute atomic E-state index is 0.0949. The molecule has 1 aromatic carbocycles. The number of furan rings is 1. The Morgan fingerprint density at radius 3 is 2.62 bits per heavy atom. The Labute approximate surface area is 160 Å². The second kappa shape index (κ2) is 7.53. The Balaban J connectivity index is 1.82. The van der Waals surface area contributed by atoms with Crippen LogP contribution in [0.5, 0.6) is 0 Å². The number of anilines is 1. The summed E-state index contributed by atoms with van der Waals surface area (Å²) in [5.41, 5.74) is 0.307. The summed E-state index contributed by atoms with van der Waals surface area (Å²) >= 11 is 6.98. The van der Waals surface area contributed by atoms with Crippen molar-refractivity contribution in [1.29, 1.82) is 0 Å². The normalized spacial score (nSPS) is 11.3. The molecule has 0 fully saturated rings. The molecule has 9 heteroatoms. The van der Waals surface area contributed by atoms with Gasteiger partial charge in [0.25, 0.3) is 15.9 Å². The van der Waals surface area contributed by atoms with Gasteiger partial charge in [0.1, 0.15) is 10.6 Å². The highest BCUT2D eigenvalue weighted by Gasteiger charge is 2.26. The largest absolute Gasteiger partial charge is 0.467 e. The molecule has 0 unspecified atom stereocenters. The van der Waals surface area contributed by atoms with Gasteiger partial charge >= 0.3 is 0 Å². The number of nitrogens with zero attached hydrogens (tertiary/aromatic N) is 1. The third-order valence-electron chi connectivity index (χ3n) is 3.67. The molecule has 0 aliphatic rings. The van der Waals surface area contributed by atoms with Crippen molar-refractivity contribution in [3.05, 3.63) is 69.8 Å². The first-order valence-electron chi connectivity index (χ1n) is 7.52. The van der Waals surface area contributed by atoms with Gasteiger partial charge in [-0.1, -0.05) is 11.6 Å². The van der Waals surface area contributed by atoms with Crippen molar-refractivity contribution >= 4 is 44.6 Å². The molecular formula is C17H15ClN2O4S2. The van der Waals surface area contributed by atoms with Crippen LogP contribution in [-0.4, -0.2) is 21.4 Å². The van der Waals surface area contributed by atoms with Crippen LogP contribution in [0.3, 0.4) is 0 Å². The first kappa shape index (κ1) is 18.5. The summed E-state index contributed by atoms with van der Waals surface area (Å²) in [6.07, 6.45) is 1.52. The highest BCUT2D eigenvalue weighted by molar-refractivity contribution is 7.92. The molecular weight excluding hydrogens is 396 g/mol. The summed E-state index contributed by atoms with van der Waals surface area (Å²) in [5, 5.41) is 4.84. The van der Waals surface area contributed by atoms with Crippen LogP contribution >= 0.6 is 22.9 Å². The minimum Gasteiger partial charge on any atom is -0.467 e. The Morgan fingerprint density at radius 1 is 1.23 bits per heavy atom. The summed E-state index contributed by atoms with van der Waals surface area (Å²) in [7, 11) is -2.40. The average Bonchev–Trinajstić information content (AvgIpc) is 3.31. The summed E-state index contributed by atoms with van der Waals surface area (Å²) in [6, 6.07) is 10.9. The van der Waals surface area contributed by atoms with E-state index in [1.165, 1.54) is 48.9 Å². The maximum Gasteiger partial charge on any atom is 0.264 e. The maximum atomic E-state index is 12.8. The average molecular weight is 411 g/mol. The highest BCUT2D eigenvalue weighted by atomic mass is 35.5. The minimum atomic E-state index is -3.81. The molecule has 1 N–H and O–H groups in total. The summed E-state index contributed by atoms with van der Waals surface area (Å²) in [5.74, 6) is 0.239. The van der Waals surface area contributed by atoms with Crippen LogP contribution in [0.1, 0.15) is 15.4 Å². The number of halogens is 1. The number of rotatable bonds is 6. The number of amides is 1. The van der Waals surface area contributed by atoms with E-state index in [-0.39, 0.29) is 17.3 Å². The lowest BCUT2D eigenvalue weighted by Gasteiger charge is -2.19. The van der Waals surface area contributed by atoms with Crippen molar-refractivity contribution in [3.63, 3.8) is 0 Å². The molecule has 0 saturated heterocycles. The van der Waals surface area contributed by atoms with Crippen LogP contribution in [0, 0.1) is 0 Å². The van der Waals surface area contributed by atoms with Crippen molar-refractivity contribution < 1.29 is 17.6 Å². The maximum absolute atomic E-state index is 12.8. The van der Waals surface area contributed by atoms with Gasteiger partial charge in [-0.05, 0) is 47.8 Å². The molecule has 0 aliphatic carbocycles. The van der Waals surface area contributed by atoms with Gasteiger partial charge in [0.15, 0.2) is 0 Å². The molecule has 26 heavy (non-hydrogen) atoms. The van der Waals surface area contributed by atoms with Gasteiger partial charge in [-0.3, -0.25) is 9.10 Å². The van der Waals surface area contributed by atoms with Gasteiger partial charge in [-0.15, -0.1) is 11.3 Å². The van der Waals surface area contributed by atoms with Crippen LogP contribution in [-0.2, 0) is 16.6 Å². The number of carbonyl (C=O) groups is 1. The molecule has 1 amide bonds. The Kier molecular flexibility index (Phi) is 5.36. The molecule has 0 radical (unpaired) electrons. The Bertz CT molecular complexity index is 996. The molecule has 2 heterocycles. The molecule has 136 valence electrons. The third kappa shape index (κ3) is 3.77. The molecule has 0 atom stereocenters. The van der Waals surface area contributed by atoms with Gasteiger partial charge in [0, 0.05) is 12.1 Å². The lowest BCUT2D eigenvalue weighted by Crippen LogP contribution is -2.29. The predicted octanol–water partition coefficient (Wildman–Crippen LogP) is 3.75. The fourth-order valence-corrected chi connectivity index (χ4v) is 4.50. The molecule has 0 spiro atoms. The van der Waals surface area contributed by atoms with Gasteiger partial charge in [-0.25, -0.2) is 8.42 Å². The van der Waals surface area contributed by atoms with E-state index in [0.717, 1.165) is 4.31 Å². The van der Waals surface area contributed by atoms with E-state index < -0.39 is 10.0 Å². The van der Waals surface area contributed by atoms with Crippen molar-refractivity contribution in [2.24, 2.45) is 0 Å². The number of hydrogen-bond acceptors (Lipinski definition) is 5. The molecule has 0 aliphatic heterocycles.